The minimum atomic E-state index is -5.08. The first kappa shape index (κ1) is 28.0. The van der Waals surface area contributed by atoms with Crippen molar-refractivity contribution in [3.05, 3.63) is 27.7 Å². The summed E-state index contributed by atoms with van der Waals surface area (Å²) in [6, 6.07) is 2.27. The van der Waals surface area contributed by atoms with Crippen LogP contribution in [0, 0.1) is 5.92 Å². The topological polar surface area (TPSA) is 136 Å². The number of nitrogens with zero attached hydrogens (tertiary/aromatic N) is 2. The van der Waals surface area contributed by atoms with Crippen LogP contribution in [0.3, 0.4) is 0 Å². The van der Waals surface area contributed by atoms with Gasteiger partial charge in [-0.25, -0.2) is 4.79 Å². The van der Waals surface area contributed by atoms with E-state index < -0.39 is 12.1 Å². The van der Waals surface area contributed by atoms with Gasteiger partial charge in [0.25, 0.3) is 0 Å². The number of halogens is 5. The summed E-state index contributed by atoms with van der Waals surface area (Å²) >= 11 is 12.0. The zero-order valence-corrected chi connectivity index (χ0v) is 19.6. The molecule has 1 aromatic rings. The van der Waals surface area contributed by atoms with Gasteiger partial charge in [0.1, 0.15) is 11.8 Å². The molecule has 0 aromatic heterocycles. The van der Waals surface area contributed by atoms with E-state index in [1.165, 1.54) is 6.07 Å². The highest BCUT2D eigenvalue weighted by Gasteiger charge is 2.38. The lowest BCUT2D eigenvalue weighted by molar-refractivity contribution is -0.192. The molecule has 2 aliphatic heterocycles. The zero-order chi connectivity index (χ0) is 25.8. The molecule has 0 bridgehead atoms. The Labute approximate surface area is 203 Å². The molecule has 2 heterocycles. The Kier molecular flexibility index (Phi) is 9.40. The summed E-state index contributed by atoms with van der Waals surface area (Å²) in [5.41, 5.74) is 6.94. The van der Waals surface area contributed by atoms with Crippen LogP contribution < -0.4 is 11.1 Å². The van der Waals surface area contributed by atoms with Crippen LogP contribution in [-0.2, 0) is 14.4 Å². The molecule has 2 amide bonds. The van der Waals surface area contributed by atoms with Gasteiger partial charge in [-0.15, -0.1) is 0 Å². The molecule has 0 radical (unpaired) electrons. The number of amides is 2. The number of piperazine rings is 1. The van der Waals surface area contributed by atoms with E-state index >= 15 is 0 Å². The number of hydrogen-bond donors (Lipinski definition) is 4. The van der Waals surface area contributed by atoms with Gasteiger partial charge in [0.05, 0.1) is 16.6 Å². The molecular weight excluding hydrogens is 504 g/mol. The molecule has 34 heavy (non-hydrogen) atoms. The molecule has 190 valence electrons. The summed E-state index contributed by atoms with van der Waals surface area (Å²) in [5, 5.41) is 20.9. The molecule has 0 saturated carbocycles. The number of likely N-dealkylation sites (tertiary alicyclic amines) is 1. The lowest BCUT2D eigenvalue weighted by Crippen LogP contribution is -2.59. The number of nitrogens with one attached hydrogen (secondary N) is 1. The number of likely N-dealkylation sites (N-methyl/N-ethyl adjacent to an activating group) is 1. The number of aromatic hydroxyl groups is 1. The summed E-state index contributed by atoms with van der Waals surface area (Å²) in [4.78, 5) is 36.6. The first-order valence-electron chi connectivity index (χ1n) is 10.2. The molecule has 0 spiro atoms. The Bertz CT molecular complexity index is 926. The van der Waals surface area contributed by atoms with Crippen LogP contribution in [0.4, 0.5) is 13.2 Å². The number of carboxylic acid groups (broad SMARTS) is 1. The molecular formula is C20H25Cl2F3N4O5. The fraction of sp³-hybridized carbons (Fsp3) is 0.550. The zero-order valence-electron chi connectivity index (χ0n) is 18.1. The predicted molar refractivity (Wildman–Crippen MR) is 117 cm³/mol. The first-order chi connectivity index (χ1) is 15.7. The van der Waals surface area contributed by atoms with Crippen molar-refractivity contribution in [1.29, 1.82) is 0 Å². The largest absolute Gasteiger partial charge is 0.508 e. The highest BCUT2D eigenvalue weighted by atomic mass is 35.5. The molecule has 2 unspecified atom stereocenters. The second-order valence-electron chi connectivity index (χ2n) is 8.02. The normalized spacial score (nSPS) is 20.4. The summed E-state index contributed by atoms with van der Waals surface area (Å²) < 4.78 is 31.7. The minimum Gasteiger partial charge on any atom is -0.508 e. The smallest absolute Gasteiger partial charge is 0.490 e. The van der Waals surface area contributed by atoms with Crippen LogP contribution in [0.15, 0.2) is 12.1 Å². The quantitative estimate of drug-likeness (QED) is 0.470. The lowest BCUT2D eigenvalue weighted by Gasteiger charge is -2.38. The van der Waals surface area contributed by atoms with Crippen LogP contribution in [0.5, 0.6) is 5.75 Å². The van der Waals surface area contributed by atoms with Crippen LogP contribution in [0.2, 0.25) is 10.0 Å². The first-order valence-corrected chi connectivity index (χ1v) is 11.0. The highest BCUT2D eigenvalue weighted by Crippen LogP contribution is 2.37. The van der Waals surface area contributed by atoms with Gasteiger partial charge in [-0.2, -0.15) is 13.2 Å². The Morgan fingerprint density at radius 3 is 2.24 bits per heavy atom. The minimum absolute atomic E-state index is 0.00911. The van der Waals surface area contributed by atoms with E-state index in [2.05, 4.69) is 5.32 Å². The number of aliphatic carboxylic acids is 1. The highest BCUT2D eigenvalue weighted by molar-refractivity contribution is 6.42. The van der Waals surface area contributed by atoms with E-state index in [-0.39, 0.29) is 47.1 Å². The number of rotatable bonds is 3. The summed E-state index contributed by atoms with van der Waals surface area (Å²) in [6.45, 7) is 1.75. The summed E-state index contributed by atoms with van der Waals surface area (Å²) in [5.74, 6) is -2.59. The van der Waals surface area contributed by atoms with Gasteiger partial charge in [0.2, 0.25) is 11.8 Å². The van der Waals surface area contributed by atoms with Gasteiger partial charge >= 0.3 is 12.1 Å². The maximum atomic E-state index is 12.7. The van der Waals surface area contributed by atoms with Crippen LogP contribution in [-0.4, -0.2) is 83.2 Å². The standard InChI is InChI=1S/C18H24Cl2N4O3.C2HF3O2/c1-23-9-14(22-8-16(23)26)18(27)24-4-2-10(3-5-24)17(21)11-6-12(19)13(20)7-15(11)25;3-2(4,5)1(6)7/h6-7,10,14,17,22,25H,2-5,8-9,21H2,1H3;(H,6,7). The van der Waals surface area contributed by atoms with Crippen molar-refractivity contribution < 1.29 is 37.8 Å². The Balaban J connectivity index is 0.000000509. The maximum Gasteiger partial charge on any atom is 0.490 e. The van der Waals surface area contributed by atoms with Gasteiger partial charge in [-0.3, -0.25) is 14.9 Å². The van der Waals surface area contributed by atoms with Crippen molar-refractivity contribution in [3.8, 4) is 5.75 Å². The van der Waals surface area contributed by atoms with E-state index in [0.29, 0.717) is 30.2 Å². The van der Waals surface area contributed by atoms with Crippen molar-refractivity contribution in [2.75, 3.05) is 33.2 Å². The molecule has 5 N–H and O–H groups in total. The fourth-order valence-electron chi connectivity index (χ4n) is 3.72. The van der Waals surface area contributed by atoms with Gasteiger partial charge in [0, 0.05) is 44.4 Å². The van der Waals surface area contributed by atoms with E-state index in [0.717, 1.165) is 12.8 Å². The van der Waals surface area contributed by atoms with Crippen LogP contribution in [0.1, 0.15) is 24.4 Å². The number of alkyl halides is 3. The third-order valence-electron chi connectivity index (χ3n) is 5.71. The van der Waals surface area contributed by atoms with E-state index in [1.54, 1.807) is 18.0 Å². The van der Waals surface area contributed by atoms with Crippen molar-refractivity contribution >= 4 is 41.0 Å². The lowest BCUT2D eigenvalue weighted by atomic mass is 9.85. The molecule has 14 heteroatoms. The Morgan fingerprint density at radius 2 is 1.74 bits per heavy atom. The number of carbonyl (C=O) groups excluding carboxylic acids is 2. The molecule has 9 nitrogen and oxygen atoms in total. The molecule has 1 aromatic carbocycles. The number of carbonyl (C=O) groups is 3. The Hall–Kier alpha value is -2.28. The number of carboxylic acids is 1. The maximum absolute atomic E-state index is 12.7. The number of phenolic OH excluding ortho intramolecular Hbond substituents is 1. The molecule has 0 aliphatic carbocycles. The van der Waals surface area contributed by atoms with E-state index in [9.17, 15) is 27.9 Å². The van der Waals surface area contributed by atoms with Gasteiger partial charge in [0.15, 0.2) is 0 Å². The number of benzene rings is 1. The Morgan fingerprint density at radius 1 is 1.21 bits per heavy atom. The third kappa shape index (κ3) is 7.11. The van der Waals surface area contributed by atoms with Crippen LogP contribution in [0.25, 0.3) is 0 Å². The van der Waals surface area contributed by atoms with E-state index in [4.69, 9.17) is 38.8 Å². The van der Waals surface area contributed by atoms with E-state index in [1.807, 2.05) is 4.90 Å². The molecule has 3 rings (SSSR count). The number of phenols is 1. The number of nitrogens with two attached hydrogens (primary N) is 1. The van der Waals surface area contributed by atoms with Crippen molar-refractivity contribution in [3.63, 3.8) is 0 Å². The van der Waals surface area contributed by atoms with Crippen molar-refractivity contribution in [2.24, 2.45) is 11.7 Å². The summed E-state index contributed by atoms with van der Waals surface area (Å²) in [6.07, 6.45) is -3.62. The molecule has 2 aliphatic rings. The van der Waals surface area contributed by atoms with Crippen LogP contribution >= 0.6 is 23.2 Å². The monoisotopic (exact) mass is 528 g/mol. The average Bonchev–Trinajstić information content (AvgIpc) is 2.77. The molecule has 2 atom stereocenters. The summed E-state index contributed by atoms with van der Waals surface area (Å²) in [7, 11) is 1.71. The fourth-order valence-corrected chi connectivity index (χ4v) is 4.05. The van der Waals surface area contributed by atoms with Gasteiger partial charge in [-0.1, -0.05) is 23.2 Å². The molecule has 2 fully saturated rings. The second kappa shape index (κ2) is 11.4. The van der Waals surface area contributed by atoms with Gasteiger partial charge in [-0.05, 0) is 24.8 Å². The predicted octanol–water partition coefficient (Wildman–Crippen LogP) is 2.00. The van der Waals surface area contributed by atoms with Crippen molar-refractivity contribution in [1.82, 2.24) is 15.1 Å². The second-order valence-corrected chi connectivity index (χ2v) is 8.84. The van der Waals surface area contributed by atoms with Crippen molar-refractivity contribution in [2.45, 2.75) is 31.1 Å². The number of hydrogen-bond acceptors (Lipinski definition) is 6. The number of piperidine rings is 1. The molecule has 2 saturated heterocycles. The average molecular weight is 529 g/mol. The van der Waals surface area contributed by atoms with Gasteiger partial charge < -0.3 is 25.7 Å². The third-order valence-corrected chi connectivity index (χ3v) is 6.43. The SMILES string of the molecule is CN1CC(C(=O)N2CCC(C(N)c3cc(Cl)c(Cl)cc3O)CC2)NCC1=O.O=C(O)C(F)(F)F.